The highest BCUT2D eigenvalue weighted by Crippen LogP contribution is 2.47. The summed E-state index contributed by atoms with van der Waals surface area (Å²) in [6, 6.07) is 13.5. The number of carbonyl (C=O) groups is 1. The first-order valence-corrected chi connectivity index (χ1v) is 10.9. The molecule has 34 heavy (non-hydrogen) atoms. The Bertz CT molecular complexity index is 1250. The van der Waals surface area contributed by atoms with Crippen LogP contribution in [0, 0.1) is 0 Å². The molecule has 0 amide bonds. The van der Waals surface area contributed by atoms with E-state index in [1.165, 1.54) is 30.3 Å². The molecule has 3 aromatic carbocycles. The Morgan fingerprint density at radius 2 is 1.79 bits per heavy atom. The van der Waals surface area contributed by atoms with E-state index in [0.29, 0.717) is 41.0 Å². The molecule has 2 aliphatic rings. The lowest BCUT2D eigenvalue weighted by Gasteiger charge is -2.20. The van der Waals surface area contributed by atoms with Crippen molar-refractivity contribution in [2.75, 3.05) is 6.61 Å². The molecule has 1 heterocycles. The number of benzene rings is 3. The van der Waals surface area contributed by atoms with Crippen molar-refractivity contribution in [3.63, 3.8) is 0 Å². The molecule has 2 N–H and O–H groups in total. The Labute approximate surface area is 193 Å². The Hall–Kier alpha value is -3.68. The number of phenolic OH excluding ortho intramolecular Hbond substituents is 1. The topological polar surface area (TPSA) is 76.0 Å². The fourth-order valence-corrected chi connectivity index (χ4v) is 4.86. The van der Waals surface area contributed by atoms with Crippen molar-refractivity contribution in [1.82, 2.24) is 0 Å². The Kier molecular flexibility index (Phi) is 5.38. The molecule has 176 valence electrons. The zero-order valence-electron chi connectivity index (χ0n) is 17.9. The van der Waals surface area contributed by atoms with E-state index in [4.69, 9.17) is 14.6 Å². The van der Waals surface area contributed by atoms with Crippen LogP contribution >= 0.6 is 0 Å². The van der Waals surface area contributed by atoms with Gasteiger partial charge in [0.05, 0.1) is 18.6 Å². The molecule has 0 fully saturated rings. The van der Waals surface area contributed by atoms with Crippen molar-refractivity contribution in [3.05, 3.63) is 76.9 Å². The van der Waals surface area contributed by atoms with E-state index in [2.05, 4.69) is 0 Å². The van der Waals surface area contributed by atoms with E-state index >= 15 is 0 Å². The van der Waals surface area contributed by atoms with Crippen LogP contribution in [-0.4, -0.2) is 22.8 Å². The second-order valence-electron chi connectivity index (χ2n) is 8.55. The third-order valence-corrected chi connectivity index (χ3v) is 6.38. The van der Waals surface area contributed by atoms with Gasteiger partial charge in [0.2, 0.25) is 0 Å². The quantitative estimate of drug-likeness (QED) is 0.472. The maximum absolute atomic E-state index is 13.8. The van der Waals surface area contributed by atoms with E-state index in [1.54, 1.807) is 18.2 Å². The highest BCUT2D eigenvalue weighted by atomic mass is 19.4. The minimum absolute atomic E-state index is 0.0180. The standard InChI is InChI=1S/C26H21F3O5/c27-26(28,29)21-9-7-19-20(25(21)14-1-3-16(30)4-2-14)8-10-22(19)34-17-5-6-18-15(11-24(31)32)13-33-23(18)12-17/h1-7,9,12,15,22,30H,8,10-11,13H2,(H,31,32)/t15-,22-/m1/s1. The summed E-state index contributed by atoms with van der Waals surface area (Å²) in [4.78, 5) is 11.0. The fraction of sp³-hybridized carbons (Fsp3) is 0.269. The normalized spacial score (nSPS) is 18.8. The van der Waals surface area contributed by atoms with Gasteiger partial charge in [-0.05, 0) is 59.4 Å². The van der Waals surface area contributed by atoms with Crippen LogP contribution < -0.4 is 9.47 Å². The molecule has 5 nitrogen and oxygen atoms in total. The molecule has 0 saturated carbocycles. The van der Waals surface area contributed by atoms with Crippen LogP contribution in [0.25, 0.3) is 11.1 Å². The molecule has 0 spiro atoms. The first-order chi connectivity index (χ1) is 16.2. The van der Waals surface area contributed by atoms with Crippen molar-refractivity contribution < 1.29 is 37.7 Å². The zero-order valence-corrected chi connectivity index (χ0v) is 17.9. The summed E-state index contributed by atoms with van der Waals surface area (Å²) in [7, 11) is 0. The highest BCUT2D eigenvalue weighted by Gasteiger charge is 2.38. The molecular weight excluding hydrogens is 449 g/mol. The third kappa shape index (κ3) is 4.04. The van der Waals surface area contributed by atoms with E-state index in [-0.39, 0.29) is 30.3 Å². The molecule has 0 bridgehead atoms. The molecule has 8 heteroatoms. The summed E-state index contributed by atoms with van der Waals surface area (Å²) in [5.74, 6) is -0.0530. The number of carboxylic acids is 1. The van der Waals surface area contributed by atoms with E-state index in [1.807, 2.05) is 0 Å². The van der Waals surface area contributed by atoms with Gasteiger partial charge in [-0.1, -0.05) is 24.3 Å². The van der Waals surface area contributed by atoms with Crippen LogP contribution in [-0.2, 0) is 17.4 Å². The average Bonchev–Trinajstić information content (AvgIpc) is 3.37. The number of halogens is 3. The highest BCUT2D eigenvalue weighted by molar-refractivity contribution is 5.75. The molecule has 1 aliphatic heterocycles. The summed E-state index contributed by atoms with van der Waals surface area (Å²) in [6.07, 6.45) is -4.04. The number of ether oxygens (including phenoxy) is 2. The minimum atomic E-state index is -4.52. The predicted octanol–water partition coefficient (Wildman–Crippen LogP) is 6.10. The second-order valence-corrected chi connectivity index (χ2v) is 8.55. The Balaban J connectivity index is 1.47. The second kappa shape index (κ2) is 8.27. The monoisotopic (exact) mass is 470 g/mol. The van der Waals surface area contributed by atoms with Crippen molar-refractivity contribution in [2.24, 2.45) is 0 Å². The maximum Gasteiger partial charge on any atom is 0.417 e. The Morgan fingerprint density at radius 3 is 2.50 bits per heavy atom. The van der Waals surface area contributed by atoms with Crippen LogP contribution in [0.1, 0.15) is 47.1 Å². The smallest absolute Gasteiger partial charge is 0.417 e. The number of aliphatic carboxylic acids is 1. The summed E-state index contributed by atoms with van der Waals surface area (Å²) in [5, 5.41) is 18.6. The van der Waals surface area contributed by atoms with Crippen molar-refractivity contribution in [2.45, 2.75) is 37.5 Å². The number of aromatic hydroxyl groups is 1. The molecule has 5 rings (SSSR count). The number of hydrogen-bond donors (Lipinski definition) is 2. The number of phenols is 1. The fourth-order valence-electron chi connectivity index (χ4n) is 4.86. The number of alkyl halides is 3. The van der Waals surface area contributed by atoms with Gasteiger partial charge in [-0.2, -0.15) is 13.2 Å². The van der Waals surface area contributed by atoms with E-state index < -0.39 is 23.8 Å². The Morgan fingerprint density at radius 1 is 1.06 bits per heavy atom. The molecule has 1 aliphatic carbocycles. The van der Waals surface area contributed by atoms with Crippen molar-refractivity contribution in [3.8, 4) is 28.4 Å². The third-order valence-electron chi connectivity index (χ3n) is 6.38. The summed E-state index contributed by atoms with van der Waals surface area (Å²) < 4.78 is 53.3. The van der Waals surface area contributed by atoms with Crippen LogP contribution in [0.3, 0.4) is 0 Å². The molecule has 0 unspecified atom stereocenters. The van der Waals surface area contributed by atoms with Crippen LogP contribution in [0.5, 0.6) is 17.2 Å². The molecule has 0 saturated heterocycles. The molecule has 0 radical (unpaired) electrons. The summed E-state index contributed by atoms with van der Waals surface area (Å²) in [5.41, 5.74) is 1.88. The number of hydrogen-bond acceptors (Lipinski definition) is 4. The lowest BCUT2D eigenvalue weighted by molar-refractivity contribution is -0.138. The van der Waals surface area contributed by atoms with Gasteiger partial charge in [0.1, 0.15) is 23.4 Å². The molecule has 0 aromatic heterocycles. The molecular formula is C26H21F3O5. The van der Waals surface area contributed by atoms with Gasteiger partial charge in [0, 0.05) is 17.5 Å². The lowest BCUT2D eigenvalue weighted by atomic mass is 9.91. The van der Waals surface area contributed by atoms with Gasteiger partial charge in [-0.15, -0.1) is 0 Å². The number of carboxylic acid groups (broad SMARTS) is 1. The van der Waals surface area contributed by atoms with E-state index in [9.17, 15) is 23.1 Å². The van der Waals surface area contributed by atoms with E-state index in [0.717, 1.165) is 11.6 Å². The predicted molar refractivity (Wildman–Crippen MR) is 117 cm³/mol. The van der Waals surface area contributed by atoms with Crippen LogP contribution in [0.2, 0.25) is 0 Å². The number of rotatable bonds is 5. The van der Waals surface area contributed by atoms with Crippen molar-refractivity contribution in [1.29, 1.82) is 0 Å². The first-order valence-electron chi connectivity index (χ1n) is 10.9. The molecule has 2 atom stereocenters. The molecule has 3 aromatic rings. The van der Waals surface area contributed by atoms with Crippen molar-refractivity contribution >= 4 is 5.97 Å². The van der Waals surface area contributed by atoms with Crippen LogP contribution in [0.15, 0.2) is 54.6 Å². The summed E-state index contributed by atoms with van der Waals surface area (Å²) in [6.45, 7) is 0.285. The number of fused-ring (bicyclic) bond motifs is 2. The van der Waals surface area contributed by atoms with Gasteiger partial charge in [0.15, 0.2) is 0 Å². The lowest BCUT2D eigenvalue weighted by Crippen LogP contribution is -2.10. The summed E-state index contributed by atoms with van der Waals surface area (Å²) >= 11 is 0. The van der Waals surface area contributed by atoms with Gasteiger partial charge in [-0.25, -0.2) is 0 Å². The van der Waals surface area contributed by atoms with Gasteiger partial charge < -0.3 is 19.7 Å². The van der Waals surface area contributed by atoms with Gasteiger partial charge >= 0.3 is 12.1 Å². The SMILES string of the molecule is O=C(O)C[C@@H]1COc2cc(O[C@@H]3CCc4c3ccc(C(F)(F)F)c4-c3ccc(O)cc3)ccc21. The minimum Gasteiger partial charge on any atom is -0.508 e. The van der Waals surface area contributed by atoms with Crippen LogP contribution in [0.4, 0.5) is 13.2 Å². The van der Waals surface area contributed by atoms with Gasteiger partial charge in [-0.3, -0.25) is 4.79 Å². The first kappa shape index (κ1) is 22.1. The van der Waals surface area contributed by atoms with Gasteiger partial charge in [0.25, 0.3) is 0 Å². The largest absolute Gasteiger partial charge is 0.508 e. The average molecular weight is 470 g/mol. The zero-order chi connectivity index (χ0) is 24.0. The maximum atomic E-state index is 13.8.